The van der Waals surface area contributed by atoms with Crippen molar-refractivity contribution < 1.29 is 0 Å². The normalized spacial score (nSPS) is 21.4. The van der Waals surface area contributed by atoms with Gasteiger partial charge >= 0.3 is 0 Å². The quantitative estimate of drug-likeness (QED) is 0.686. The topological polar surface area (TPSA) is 67.1 Å². The van der Waals surface area contributed by atoms with Crippen LogP contribution in [0.1, 0.15) is 17.4 Å². The van der Waals surface area contributed by atoms with Crippen molar-refractivity contribution in [3.63, 3.8) is 0 Å². The predicted molar refractivity (Wildman–Crippen MR) is 59.1 cm³/mol. The molecule has 0 aliphatic carbocycles. The lowest BCUT2D eigenvalue weighted by Gasteiger charge is -2.25. The summed E-state index contributed by atoms with van der Waals surface area (Å²) < 4.78 is 1.80. The van der Waals surface area contributed by atoms with E-state index in [0.717, 1.165) is 31.0 Å². The Bertz CT molecular complexity index is 499. The number of nitrogens with one attached hydrogen (secondary N) is 2. The summed E-state index contributed by atoms with van der Waals surface area (Å²) in [6.07, 6.45) is 1.54. The van der Waals surface area contributed by atoms with Gasteiger partial charge in [-0.3, -0.25) is 0 Å². The van der Waals surface area contributed by atoms with Crippen LogP contribution in [0.5, 0.6) is 0 Å². The summed E-state index contributed by atoms with van der Waals surface area (Å²) in [4.78, 5) is 8.46. The minimum absolute atomic E-state index is 0.277. The molecule has 1 unspecified atom stereocenters. The zero-order chi connectivity index (χ0) is 11.0. The minimum atomic E-state index is 0.277. The van der Waals surface area contributed by atoms with Gasteiger partial charge in [-0.2, -0.15) is 14.6 Å². The predicted octanol–water partition coefficient (Wildman–Crippen LogP) is -0.333. The summed E-state index contributed by atoms with van der Waals surface area (Å²) in [5.41, 5.74) is 2.09. The van der Waals surface area contributed by atoms with Gasteiger partial charge < -0.3 is 10.6 Å². The first-order chi connectivity index (χ1) is 7.84. The third kappa shape index (κ3) is 1.56. The summed E-state index contributed by atoms with van der Waals surface area (Å²) in [5, 5.41) is 11.0. The van der Waals surface area contributed by atoms with E-state index in [1.807, 2.05) is 6.92 Å². The third-order valence-electron chi connectivity index (χ3n) is 2.81. The molecule has 0 radical (unpaired) electrons. The van der Waals surface area contributed by atoms with E-state index in [9.17, 15) is 0 Å². The molecule has 6 nitrogen and oxygen atoms in total. The zero-order valence-corrected chi connectivity index (χ0v) is 9.14. The highest BCUT2D eigenvalue weighted by Gasteiger charge is 2.18. The molecule has 2 aromatic heterocycles. The Balaban J connectivity index is 2.09. The molecular formula is C10H14N6. The van der Waals surface area contributed by atoms with E-state index in [1.165, 1.54) is 0 Å². The number of aromatic nitrogens is 4. The molecule has 1 atom stereocenters. The number of hydrogen-bond acceptors (Lipinski definition) is 5. The lowest BCUT2D eigenvalue weighted by atomic mass is 10.1. The maximum absolute atomic E-state index is 4.33. The van der Waals surface area contributed by atoms with Crippen molar-refractivity contribution in [2.24, 2.45) is 0 Å². The number of rotatable bonds is 1. The third-order valence-corrected chi connectivity index (χ3v) is 2.81. The average molecular weight is 218 g/mol. The highest BCUT2D eigenvalue weighted by atomic mass is 15.3. The number of fused-ring (bicyclic) bond motifs is 1. The largest absolute Gasteiger partial charge is 0.314 e. The van der Waals surface area contributed by atoms with Crippen molar-refractivity contribution in [2.75, 3.05) is 19.6 Å². The van der Waals surface area contributed by atoms with Crippen LogP contribution < -0.4 is 10.6 Å². The number of aryl methyl sites for hydroxylation is 1. The Morgan fingerprint density at radius 1 is 1.44 bits per heavy atom. The lowest BCUT2D eigenvalue weighted by Crippen LogP contribution is -2.43. The van der Waals surface area contributed by atoms with Crippen molar-refractivity contribution in [2.45, 2.75) is 13.0 Å². The van der Waals surface area contributed by atoms with Crippen molar-refractivity contribution in [1.82, 2.24) is 30.2 Å². The Morgan fingerprint density at radius 3 is 3.19 bits per heavy atom. The van der Waals surface area contributed by atoms with E-state index in [4.69, 9.17) is 0 Å². The van der Waals surface area contributed by atoms with Crippen LogP contribution in [0.4, 0.5) is 0 Å². The first-order valence-electron chi connectivity index (χ1n) is 5.46. The van der Waals surface area contributed by atoms with E-state index < -0.39 is 0 Å². The molecule has 0 saturated carbocycles. The highest BCUT2D eigenvalue weighted by molar-refractivity contribution is 5.31. The number of piperazine rings is 1. The summed E-state index contributed by atoms with van der Waals surface area (Å²) in [6.45, 7) is 4.89. The zero-order valence-electron chi connectivity index (χ0n) is 9.14. The van der Waals surface area contributed by atoms with Crippen LogP contribution in [0.2, 0.25) is 0 Å². The molecule has 2 aromatic rings. The van der Waals surface area contributed by atoms with Gasteiger partial charge in [-0.1, -0.05) is 0 Å². The molecule has 3 heterocycles. The van der Waals surface area contributed by atoms with E-state index in [1.54, 1.807) is 10.8 Å². The van der Waals surface area contributed by atoms with Gasteiger partial charge in [0, 0.05) is 25.3 Å². The standard InChI is InChI=1S/C10H14N6/c1-7-4-9(8-5-11-2-3-12-8)16-10(15-7)13-6-14-16/h4,6,8,11-12H,2-3,5H2,1H3. The summed E-state index contributed by atoms with van der Waals surface area (Å²) in [6, 6.07) is 2.34. The Hall–Kier alpha value is -1.53. The van der Waals surface area contributed by atoms with Gasteiger partial charge in [-0.05, 0) is 13.0 Å². The van der Waals surface area contributed by atoms with Crippen LogP contribution >= 0.6 is 0 Å². The molecule has 84 valence electrons. The molecule has 6 heteroatoms. The number of nitrogens with zero attached hydrogens (tertiary/aromatic N) is 4. The van der Waals surface area contributed by atoms with Gasteiger partial charge in [-0.25, -0.2) is 4.98 Å². The fourth-order valence-corrected chi connectivity index (χ4v) is 2.07. The van der Waals surface area contributed by atoms with Gasteiger partial charge in [0.15, 0.2) is 0 Å². The van der Waals surface area contributed by atoms with Crippen molar-refractivity contribution in [3.8, 4) is 0 Å². The van der Waals surface area contributed by atoms with Crippen LogP contribution in [-0.4, -0.2) is 39.2 Å². The summed E-state index contributed by atoms with van der Waals surface area (Å²) in [5.74, 6) is 0.669. The fraction of sp³-hybridized carbons (Fsp3) is 0.500. The molecule has 3 rings (SSSR count). The van der Waals surface area contributed by atoms with Crippen molar-refractivity contribution in [3.05, 3.63) is 23.8 Å². The SMILES string of the molecule is Cc1cc(C2CNCCN2)n2ncnc2n1. The van der Waals surface area contributed by atoms with Gasteiger partial charge in [0.05, 0.1) is 11.7 Å². The molecule has 1 saturated heterocycles. The molecule has 16 heavy (non-hydrogen) atoms. The second-order valence-corrected chi connectivity index (χ2v) is 4.01. The lowest BCUT2D eigenvalue weighted by molar-refractivity contribution is 0.416. The van der Waals surface area contributed by atoms with Gasteiger partial charge in [0.2, 0.25) is 0 Å². The Morgan fingerprint density at radius 2 is 2.38 bits per heavy atom. The van der Waals surface area contributed by atoms with Crippen LogP contribution in [0.15, 0.2) is 12.4 Å². The van der Waals surface area contributed by atoms with E-state index in [2.05, 4.69) is 31.8 Å². The van der Waals surface area contributed by atoms with Crippen molar-refractivity contribution in [1.29, 1.82) is 0 Å². The average Bonchev–Trinajstić information content (AvgIpc) is 2.77. The second-order valence-electron chi connectivity index (χ2n) is 4.01. The molecule has 0 aromatic carbocycles. The van der Waals surface area contributed by atoms with E-state index >= 15 is 0 Å². The van der Waals surface area contributed by atoms with E-state index in [-0.39, 0.29) is 6.04 Å². The molecule has 1 fully saturated rings. The van der Waals surface area contributed by atoms with Crippen LogP contribution in [-0.2, 0) is 0 Å². The number of hydrogen-bond donors (Lipinski definition) is 2. The summed E-state index contributed by atoms with van der Waals surface area (Å²) in [7, 11) is 0. The van der Waals surface area contributed by atoms with Crippen LogP contribution in [0.25, 0.3) is 5.78 Å². The van der Waals surface area contributed by atoms with E-state index in [0.29, 0.717) is 5.78 Å². The first kappa shape index (κ1) is 9.68. The molecular weight excluding hydrogens is 204 g/mol. The smallest absolute Gasteiger partial charge is 0.252 e. The molecule has 1 aliphatic rings. The Labute approximate surface area is 93.1 Å². The molecule has 0 bridgehead atoms. The van der Waals surface area contributed by atoms with Gasteiger partial charge in [0.25, 0.3) is 5.78 Å². The van der Waals surface area contributed by atoms with Crippen molar-refractivity contribution >= 4 is 5.78 Å². The highest BCUT2D eigenvalue weighted by Crippen LogP contribution is 2.14. The molecule has 1 aliphatic heterocycles. The van der Waals surface area contributed by atoms with Crippen LogP contribution in [0.3, 0.4) is 0 Å². The Kier molecular flexibility index (Phi) is 2.30. The first-order valence-corrected chi connectivity index (χ1v) is 5.46. The second kappa shape index (κ2) is 3.80. The maximum atomic E-state index is 4.33. The molecule has 0 amide bonds. The van der Waals surface area contributed by atoms with Crippen LogP contribution in [0, 0.1) is 6.92 Å². The fourth-order valence-electron chi connectivity index (χ4n) is 2.07. The van der Waals surface area contributed by atoms with Gasteiger partial charge in [0.1, 0.15) is 6.33 Å². The summed E-state index contributed by atoms with van der Waals surface area (Å²) >= 11 is 0. The minimum Gasteiger partial charge on any atom is -0.314 e. The molecule has 0 spiro atoms. The van der Waals surface area contributed by atoms with Gasteiger partial charge in [-0.15, -0.1) is 0 Å². The molecule has 2 N–H and O–H groups in total. The maximum Gasteiger partial charge on any atom is 0.252 e. The monoisotopic (exact) mass is 218 g/mol.